The fourth-order valence-corrected chi connectivity index (χ4v) is 2.72. The van der Waals surface area contributed by atoms with E-state index in [9.17, 15) is 8.42 Å². The third-order valence-electron chi connectivity index (χ3n) is 2.93. The molecule has 0 N–H and O–H groups in total. The van der Waals surface area contributed by atoms with Crippen LogP contribution in [0.1, 0.15) is 12.5 Å². The number of hydrogen-bond donors (Lipinski definition) is 0. The normalized spacial score (nSPS) is 11.1. The van der Waals surface area contributed by atoms with Crippen LogP contribution >= 0.6 is 0 Å². The number of aryl methyl sites for hydroxylation is 1. The zero-order valence-electron chi connectivity index (χ0n) is 11.4. The number of methoxy groups -OCH3 is 1. The molecule has 106 valence electrons. The molecule has 0 aromatic heterocycles. The highest BCUT2D eigenvalue weighted by Gasteiger charge is 2.04. The summed E-state index contributed by atoms with van der Waals surface area (Å²) in [4.78, 5) is 0.151. The first-order valence-electron chi connectivity index (χ1n) is 6.26. The molecule has 0 aliphatic rings. The highest BCUT2D eigenvalue weighted by Crippen LogP contribution is 2.28. The maximum Gasteiger partial charge on any atom is 0.123 e. The molecule has 0 saturated heterocycles. The molecule has 0 bridgehead atoms. The summed E-state index contributed by atoms with van der Waals surface area (Å²) in [5.41, 5.74) is 1.57. The van der Waals surface area contributed by atoms with Crippen LogP contribution < -0.4 is 4.74 Å². The van der Waals surface area contributed by atoms with E-state index < -0.39 is 10.0 Å². The molecule has 20 heavy (non-hydrogen) atoms. The van der Waals surface area contributed by atoms with E-state index in [1.54, 1.807) is 24.3 Å². The SMILES string of the molecule is CCc1ccc([N-]S(=O)(=O)c2ccc(OC)cc2)cc1. The summed E-state index contributed by atoms with van der Waals surface area (Å²) in [6.07, 6.45) is 0.908. The molecule has 0 unspecified atom stereocenters. The van der Waals surface area contributed by atoms with Crippen LogP contribution in [0.2, 0.25) is 0 Å². The summed E-state index contributed by atoms with van der Waals surface area (Å²) in [6, 6.07) is 13.3. The highest BCUT2D eigenvalue weighted by atomic mass is 32.2. The Balaban J connectivity index is 2.20. The van der Waals surface area contributed by atoms with Crippen molar-refractivity contribution in [2.24, 2.45) is 0 Å². The average Bonchev–Trinajstić information content (AvgIpc) is 2.48. The van der Waals surface area contributed by atoms with Crippen molar-refractivity contribution in [3.63, 3.8) is 0 Å². The number of benzene rings is 2. The minimum atomic E-state index is -3.69. The number of hydrogen-bond acceptors (Lipinski definition) is 3. The maximum absolute atomic E-state index is 12.1. The van der Waals surface area contributed by atoms with Crippen molar-refractivity contribution in [3.8, 4) is 5.75 Å². The second kappa shape index (κ2) is 5.96. The van der Waals surface area contributed by atoms with Gasteiger partial charge in [-0.05, 0) is 36.2 Å². The molecule has 0 amide bonds. The molecular formula is C15H16NO3S-. The Morgan fingerprint density at radius 3 is 2.10 bits per heavy atom. The van der Waals surface area contributed by atoms with E-state index >= 15 is 0 Å². The lowest BCUT2D eigenvalue weighted by Gasteiger charge is -2.22. The van der Waals surface area contributed by atoms with Gasteiger partial charge in [0.05, 0.1) is 12.0 Å². The van der Waals surface area contributed by atoms with Gasteiger partial charge < -0.3 is 9.46 Å². The molecule has 4 nitrogen and oxygen atoms in total. The zero-order chi connectivity index (χ0) is 14.6. The third-order valence-corrected chi connectivity index (χ3v) is 4.25. The van der Waals surface area contributed by atoms with Gasteiger partial charge in [-0.3, -0.25) is 0 Å². The Kier molecular flexibility index (Phi) is 4.29. The van der Waals surface area contributed by atoms with Crippen molar-refractivity contribution in [1.29, 1.82) is 0 Å². The Labute approximate surface area is 119 Å². The molecule has 5 heteroatoms. The fourth-order valence-electron chi connectivity index (χ4n) is 1.73. The summed E-state index contributed by atoms with van der Waals surface area (Å²) in [6.45, 7) is 2.04. The molecule has 0 fully saturated rings. The lowest BCUT2D eigenvalue weighted by Crippen LogP contribution is -1.97. The van der Waals surface area contributed by atoms with Crippen LogP contribution in [0.4, 0.5) is 5.69 Å². The number of rotatable bonds is 5. The standard InChI is InChI=1S/C15H16NO3S/c1-3-12-4-6-13(7-5-12)16-20(17,18)15-10-8-14(19-2)9-11-15/h4-11H,3H2,1-2H3/q-1. The van der Waals surface area contributed by atoms with E-state index in [1.807, 2.05) is 19.1 Å². The summed E-state index contributed by atoms with van der Waals surface area (Å²) < 4.78 is 33.1. The molecule has 2 aromatic carbocycles. The average molecular weight is 290 g/mol. The summed E-state index contributed by atoms with van der Waals surface area (Å²) in [5, 5.41) is 0. The first-order chi connectivity index (χ1) is 9.55. The molecular weight excluding hydrogens is 274 g/mol. The second-order valence-corrected chi connectivity index (χ2v) is 5.87. The second-order valence-electron chi connectivity index (χ2n) is 4.26. The van der Waals surface area contributed by atoms with E-state index in [2.05, 4.69) is 4.72 Å². The van der Waals surface area contributed by atoms with Crippen LogP contribution in [0.5, 0.6) is 5.75 Å². The van der Waals surface area contributed by atoms with Gasteiger partial charge in [-0.1, -0.05) is 31.2 Å². The Morgan fingerprint density at radius 1 is 1.00 bits per heavy atom. The lowest BCUT2D eigenvalue weighted by molar-refractivity contribution is 0.414. The summed E-state index contributed by atoms with van der Waals surface area (Å²) in [7, 11) is -2.16. The van der Waals surface area contributed by atoms with Gasteiger partial charge in [0.15, 0.2) is 0 Å². The summed E-state index contributed by atoms with van der Waals surface area (Å²) >= 11 is 0. The van der Waals surface area contributed by atoms with Crippen LogP contribution in [-0.4, -0.2) is 15.5 Å². The number of nitrogens with zero attached hydrogens (tertiary/aromatic N) is 1. The number of sulfonamides is 1. The van der Waals surface area contributed by atoms with Crippen molar-refractivity contribution >= 4 is 15.7 Å². The fraction of sp³-hybridized carbons (Fsp3) is 0.200. The predicted octanol–water partition coefficient (Wildman–Crippen LogP) is 3.65. The van der Waals surface area contributed by atoms with E-state index in [4.69, 9.17) is 4.74 Å². The maximum atomic E-state index is 12.1. The van der Waals surface area contributed by atoms with E-state index in [0.29, 0.717) is 11.4 Å². The van der Waals surface area contributed by atoms with Crippen LogP contribution in [0.25, 0.3) is 4.72 Å². The van der Waals surface area contributed by atoms with Crippen LogP contribution in [-0.2, 0) is 16.4 Å². The largest absolute Gasteiger partial charge is 0.573 e. The summed E-state index contributed by atoms with van der Waals surface area (Å²) in [5.74, 6) is 0.608. The van der Waals surface area contributed by atoms with Gasteiger partial charge >= 0.3 is 0 Å². The molecule has 0 saturated carbocycles. The Morgan fingerprint density at radius 2 is 1.60 bits per heavy atom. The van der Waals surface area contributed by atoms with Gasteiger partial charge in [-0.15, -0.1) is 5.69 Å². The van der Waals surface area contributed by atoms with Crippen LogP contribution in [0.15, 0.2) is 53.4 Å². The van der Waals surface area contributed by atoms with Gasteiger partial charge in [0, 0.05) is 0 Å². The zero-order valence-corrected chi connectivity index (χ0v) is 12.2. The van der Waals surface area contributed by atoms with E-state index in [1.165, 1.54) is 19.2 Å². The van der Waals surface area contributed by atoms with Crippen molar-refractivity contribution in [2.75, 3.05) is 7.11 Å². The minimum Gasteiger partial charge on any atom is -0.573 e. The number of ether oxygens (including phenoxy) is 1. The van der Waals surface area contributed by atoms with Crippen molar-refractivity contribution in [1.82, 2.24) is 0 Å². The minimum absolute atomic E-state index is 0.151. The molecule has 0 atom stereocenters. The van der Waals surface area contributed by atoms with Crippen LogP contribution in [0, 0.1) is 0 Å². The topological polar surface area (TPSA) is 57.5 Å². The van der Waals surface area contributed by atoms with Gasteiger partial charge in [-0.2, -0.15) is 0 Å². The van der Waals surface area contributed by atoms with E-state index in [0.717, 1.165) is 12.0 Å². The molecule has 0 aliphatic heterocycles. The van der Waals surface area contributed by atoms with Gasteiger partial charge in [0.25, 0.3) is 0 Å². The third kappa shape index (κ3) is 3.30. The Bertz CT molecular complexity index is 661. The molecule has 2 rings (SSSR count). The first kappa shape index (κ1) is 14.4. The van der Waals surface area contributed by atoms with Gasteiger partial charge in [0.1, 0.15) is 15.8 Å². The quantitative estimate of drug-likeness (QED) is 0.844. The lowest BCUT2D eigenvalue weighted by atomic mass is 10.2. The molecule has 0 radical (unpaired) electrons. The molecule has 2 aromatic rings. The van der Waals surface area contributed by atoms with E-state index in [-0.39, 0.29) is 4.90 Å². The first-order valence-corrected chi connectivity index (χ1v) is 7.70. The van der Waals surface area contributed by atoms with Crippen molar-refractivity contribution in [2.45, 2.75) is 18.2 Å². The van der Waals surface area contributed by atoms with Gasteiger partial charge in [-0.25, -0.2) is 8.42 Å². The highest BCUT2D eigenvalue weighted by molar-refractivity contribution is 7.94. The predicted molar refractivity (Wildman–Crippen MR) is 79.0 cm³/mol. The molecule has 0 aliphatic carbocycles. The smallest absolute Gasteiger partial charge is 0.123 e. The van der Waals surface area contributed by atoms with Crippen molar-refractivity contribution in [3.05, 3.63) is 58.8 Å². The monoisotopic (exact) mass is 290 g/mol. The molecule has 0 heterocycles. The molecule has 0 spiro atoms. The van der Waals surface area contributed by atoms with Crippen LogP contribution in [0.3, 0.4) is 0 Å². The van der Waals surface area contributed by atoms with Crippen molar-refractivity contribution < 1.29 is 13.2 Å². The van der Waals surface area contributed by atoms with Gasteiger partial charge in [0.2, 0.25) is 0 Å². The Hall–Kier alpha value is -2.01.